The molecule has 0 aliphatic heterocycles. The fraction of sp³-hybridized carbons (Fsp3) is 0.240. The van der Waals surface area contributed by atoms with Crippen molar-refractivity contribution in [3.05, 3.63) is 77.9 Å². The lowest BCUT2D eigenvalue weighted by molar-refractivity contribution is 0.301. The molecule has 4 heteroatoms. The third-order valence-corrected chi connectivity index (χ3v) is 5.10. The van der Waals surface area contributed by atoms with Crippen LogP contribution in [0, 0.1) is 13.8 Å². The van der Waals surface area contributed by atoms with Crippen LogP contribution in [0.15, 0.2) is 66.7 Å². The van der Waals surface area contributed by atoms with Crippen molar-refractivity contribution < 1.29 is 9.47 Å². The number of rotatable bonds is 7. The molecule has 0 spiro atoms. The van der Waals surface area contributed by atoms with Gasteiger partial charge in [0.2, 0.25) is 0 Å². The van der Waals surface area contributed by atoms with Crippen molar-refractivity contribution in [1.82, 2.24) is 9.55 Å². The van der Waals surface area contributed by atoms with Crippen molar-refractivity contribution in [3.8, 4) is 22.9 Å². The summed E-state index contributed by atoms with van der Waals surface area (Å²) in [6.45, 7) is 5.68. The second-order valence-electron chi connectivity index (χ2n) is 7.28. The summed E-state index contributed by atoms with van der Waals surface area (Å²) in [6, 6.07) is 22.6. The van der Waals surface area contributed by atoms with Crippen LogP contribution in [-0.2, 0) is 6.54 Å². The molecule has 4 rings (SSSR count). The van der Waals surface area contributed by atoms with Crippen LogP contribution in [0.3, 0.4) is 0 Å². The molecule has 0 aliphatic rings. The maximum Gasteiger partial charge on any atom is 0.141 e. The summed E-state index contributed by atoms with van der Waals surface area (Å²) in [5.74, 6) is 2.75. The predicted octanol–water partition coefficient (Wildman–Crippen LogP) is 5.80. The van der Waals surface area contributed by atoms with Crippen molar-refractivity contribution in [2.45, 2.75) is 26.8 Å². The number of ether oxygens (including phenoxy) is 2. The number of nitrogens with zero attached hydrogens (tertiary/aromatic N) is 2. The number of hydrogen-bond acceptors (Lipinski definition) is 3. The van der Waals surface area contributed by atoms with Crippen molar-refractivity contribution in [2.24, 2.45) is 0 Å². The molecule has 3 aromatic carbocycles. The molecule has 0 N–H and O–H groups in total. The van der Waals surface area contributed by atoms with E-state index in [4.69, 9.17) is 14.5 Å². The number of aryl methyl sites for hydroxylation is 3. The van der Waals surface area contributed by atoms with Crippen LogP contribution >= 0.6 is 0 Å². The van der Waals surface area contributed by atoms with Gasteiger partial charge in [0.15, 0.2) is 0 Å². The molecule has 4 aromatic rings. The Morgan fingerprint density at radius 2 is 1.79 bits per heavy atom. The van der Waals surface area contributed by atoms with Crippen LogP contribution < -0.4 is 9.47 Å². The molecule has 0 fully saturated rings. The first-order valence-corrected chi connectivity index (χ1v) is 9.95. The summed E-state index contributed by atoms with van der Waals surface area (Å²) in [7, 11) is 1.69. The number of methoxy groups -OCH3 is 1. The second kappa shape index (κ2) is 8.39. The predicted molar refractivity (Wildman–Crippen MR) is 118 cm³/mol. The first kappa shape index (κ1) is 19.1. The molecule has 0 aliphatic carbocycles. The van der Waals surface area contributed by atoms with Gasteiger partial charge in [0.25, 0.3) is 0 Å². The standard InChI is InChI=1S/C25H26N2O2/c1-18-12-13-24(19(2)16-18)29-15-7-14-27-23-11-5-4-10-22(23)26-25(27)20-8-6-9-21(17-20)28-3/h4-6,8-13,16-17H,7,14-15H2,1-3H3. The highest BCUT2D eigenvalue weighted by atomic mass is 16.5. The van der Waals surface area contributed by atoms with E-state index in [0.29, 0.717) is 6.61 Å². The van der Waals surface area contributed by atoms with Crippen LogP contribution in [0.2, 0.25) is 0 Å². The minimum absolute atomic E-state index is 0.661. The molecule has 0 radical (unpaired) electrons. The van der Waals surface area contributed by atoms with E-state index < -0.39 is 0 Å². The van der Waals surface area contributed by atoms with Crippen molar-refractivity contribution in [2.75, 3.05) is 13.7 Å². The quantitative estimate of drug-likeness (QED) is 0.377. The Labute approximate surface area is 171 Å². The smallest absolute Gasteiger partial charge is 0.141 e. The second-order valence-corrected chi connectivity index (χ2v) is 7.28. The largest absolute Gasteiger partial charge is 0.497 e. The van der Waals surface area contributed by atoms with Gasteiger partial charge in [-0.2, -0.15) is 0 Å². The maximum absolute atomic E-state index is 6.03. The number of aromatic nitrogens is 2. The minimum Gasteiger partial charge on any atom is -0.497 e. The highest BCUT2D eigenvalue weighted by Crippen LogP contribution is 2.28. The fourth-order valence-corrected chi connectivity index (χ4v) is 3.65. The average Bonchev–Trinajstić information content (AvgIpc) is 3.11. The number of para-hydroxylation sites is 2. The fourth-order valence-electron chi connectivity index (χ4n) is 3.65. The van der Waals surface area contributed by atoms with Crippen LogP contribution in [0.25, 0.3) is 22.4 Å². The molecule has 0 amide bonds. The van der Waals surface area contributed by atoms with Gasteiger partial charge in [-0.15, -0.1) is 0 Å². The summed E-state index contributed by atoms with van der Waals surface area (Å²) >= 11 is 0. The van der Waals surface area contributed by atoms with E-state index >= 15 is 0 Å². The number of benzene rings is 3. The third-order valence-electron chi connectivity index (χ3n) is 5.10. The van der Waals surface area contributed by atoms with Crippen LogP contribution in [0.1, 0.15) is 17.5 Å². The Morgan fingerprint density at radius 3 is 2.62 bits per heavy atom. The van der Waals surface area contributed by atoms with E-state index in [9.17, 15) is 0 Å². The van der Waals surface area contributed by atoms with Gasteiger partial charge in [0.05, 0.1) is 24.8 Å². The van der Waals surface area contributed by atoms with Gasteiger partial charge in [-0.3, -0.25) is 0 Å². The Balaban J connectivity index is 1.56. The molecule has 29 heavy (non-hydrogen) atoms. The molecular formula is C25H26N2O2. The molecule has 0 saturated heterocycles. The first-order chi connectivity index (χ1) is 14.2. The van der Waals surface area contributed by atoms with Crippen LogP contribution in [0.5, 0.6) is 11.5 Å². The van der Waals surface area contributed by atoms with E-state index in [1.54, 1.807) is 7.11 Å². The molecule has 4 nitrogen and oxygen atoms in total. The van der Waals surface area contributed by atoms with Crippen molar-refractivity contribution in [1.29, 1.82) is 0 Å². The molecule has 0 bridgehead atoms. The molecule has 0 saturated carbocycles. The van der Waals surface area contributed by atoms with Crippen LogP contribution in [0.4, 0.5) is 0 Å². The summed E-state index contributed by atoms with van der Waals surface area (Å²) in [5, 5.41) is 0. The SMILES string of the molecule is COc1cccc(-c2nc3ccccc3n2CCCOc2ccc(C)cc2C)c1. The summed E-state index contributed by atoms with van der Waals surface area (Å²) in [6.07, 6.45) is 0.893. The zero-order valence-electron chi connectivity index (χ0n) is 17.2. The van der Waals surface area contributed by atoms with E-state index in [1.165, 1.54) is 11.1 Å². The number of imidazole rings is 1. The minimum atomic E-state index is 0.661. The Hall–Kier alpha value is -3.27. The highest BCUT2D eigenvalue weighted by Gasteiger charge is 2.13. The number of hydrogen-bond donors (Lipinski definition) is 0. The average molecular weight is 386 g/mol. The van der Waals surface area contributed by atoms with E-state index in [1.807, 2.05) is 24.3 Å². The molecule has 0 unspecified atom stereocenters. The monoisotopic (exact) mass is 386 g/mol. The lowest BCUT2D eigenvalue weighted by Crippen LogP contribution is -2.06. The van der Waals surface area contributed by atoms with Gasteiger partial charge in [-0.05, 0) is 56.2 Å². The van der Waals surface area contributed by atoms with Gasteiger partial charge >= 0.3 is 0 Å². The number of fused-ring (bicyclic) bond motifs is 1. The Kier molecular flexibility index (Phi) is 5.52. The molecule has 148 valence electrons. The Bertz CT molecular complexity index is 1130. The molecule has 0 atom stereocenters. The van der Waals surface area contributed by atoms with Gasteiger partial charge in [0.1, 0.15) is 17.3 Å². The molecule has 1 heterocycles. The van der Waals surface area contributed by atoms with Gasteiger partial charge < -0.3 is 14.0 Å². The zero-order valence-corrected chi connectivity index (χ0v) is 17.2. The van der Waals surface area contributed by atoms with E-state index in [2.05, 4.69) is 60.9 Å². The molecular weight excluding hydrogens is 360 g/mol. The topological polar surface area (TPSA) is 36.3 Å². The summed E-state index contributed by atoms with van der Waals surface area (Å²) < 4.78 is 13.7. The van der Waals surface area contributed by atoms with Gasteiger partial charge in [-0.25, -0.2) is 4.98 Å². The van der Waals surface area contributed by atoms with Crippen LogP contribution in [-0.4, -0.2) is 23.3 Å². The first-order valence-electron chi connectivity index (χ1n) is 9.95. The molecule has 1 aromatic heterocycles. The van der Waals surface area contributed by atoms with Crippen molar-refractivity contribution in [3.63, 3.8) is 0 Å². The van der Waals surface area contributed by atoms with Gasteiger partial charge in [-0.1, -0.05) is 42.0 Å². The maximum atomic E-state index is 6.03. The third kappa shape index (κ3) is 4.11. The lowest BCUT2D eigenvalue weighted by atomic mass is 10.1. The van der Waals surface area contributed by atoms with Gasteiger partial charge in [0, 0.05) is 12.1 Å². The summed E-state index contributed by atoms with van der Waals surface area (Å²) in [4.78, 5) is 4.89. The summed E-state index contributed by atoms with van der Waals surface area (Å²) in [5.41, 5.74) is 5.62. The zero-order chi connectivity index (χ0) is 20.2. The highest BCUT2D eigenvalue weighted by molar-refractivity contribution is 5.80. The lowest BCUT2D eigenvalue weighted by Gasteiger charge is -2.12. The Morgan fingerprint density at radius 1 is 0.931 bits per heavy atom. The van der Waals surface area contributed by atoms with E-state index in [0.717, 1.165) is 46.9 Å². The van der Waals surface area contributed by atoms with E-state index in [-0.39, 0.29) is 0 Å². The normalized spacial score (nSPS) is 11.0. The van der Waals surface area contributed by atoms with Crippen molar-refractivity contribution >= 4 is 11.0 Å².